The van der Waals surface area contributed by atoms with E-state index in [-0.39, 0.29) is 11.9 Å². The van der Waals surface area contributed by atoms with Crippen LogP contribution in [0.15, 0.2) is 18.2 Å². The van der Waals surface area contributed by atoms with E-state index in [2.05, 4.69) is 24.1 Å². The van der Waals surface area contributed by atoms with Gasteiger partial charge in [0.1, 0.15) is 5.82 Å². The number of rotatable bonds is 3. The SMILES string of the molecule is CNC(C)c1cccc(F)c1N1CCCC1C. The van der Waals surface area contributed by atoms with Gasteiger partial charge in [0, 0.05) is 18.6 Å². The minimum absolute atomic E-state index is 0.0987. The fourth-order valence-corrected chi connectivity index (χ4v) is 2.61. The first kappa shape index (κ1) is 12.4. The van der Waals surface area contributed by atoms with Gasteiger partial charge in [-0.05, 0) is 45.4 Å². The van der Waals surface area contributed by atoms with Gasteiger partial charge in [-0.2, -0.15) is 0 Å². The van der Waals surface area contributed by atoms with Crippen LogP contribution in [0, 0.1) is 5.82 Å². The number of nitrogens with zero attached hydrogens (tertiary/aromatic N) is 1. The van der Waals surface area contributed by atoms with E-state index in [4.69, 9.17) is 0 Å². The summed E-state index contributed by atoms with van der Waals surface area (Å²) < 4.78 is 14.1. The zero-order valence-electron chi connectivity index (χ0n) is 10.8. The van der Waals surface area contributed by atoms with Crippen LogP contribution in [0.2, 0.25) is 0 Å². The molecule has 0 aromatic heterocycles. The van der Waals surface area contributed by atoms with Crippen molar-refractivity contribution < 1.29 is 4.39 Å². The Morgan fingerprint density at radius 2 is 2.24 bits per heavy atom. The van der Waals surface area contributed by atoms with Crippen molar-refractivity contribution in [2.45, 2.75) is 38.8 Å². The molecular formula is C14H21FN2. The first-order chi connectivity index (χ1) is 8.15. The van der Waals surface area contributed by atoms with Gasteiger partial charge in [-0.3, -0.25) is 0 Å². The summed E-state index contributed by atoms with van der Waals surface area (Å²) in [5, 5.41) is 3.19. The number of halogens is 1. The molecule has 1 aliphatic rings. The summed E-state index contributed by atoms with van der Waals surface area (Å²) in [6.07, 6.45) is 2.31. The van der Waals surface area contributed by atoms with Crippen LogP contribution in [0.5, 0.6) is 0 Å². The Bertz CT molecular complexity index is 392. The number of para-hydroxylation sites is 1. The van der Waals surface area contributed by atoms with Gasteiger partial charge in [-0.1, -0.05) is 12.1 Å². The van der Waals surface area contributed by atoms with Crippen molar-refractivity contribution in [3.8, 4) is 0 Å². The predicted molar refractivity (Wildman–Crippen MR) is 69.9 cm³/mol. The molecule has 2 atom stereocenters. The molecule has 0 aliphatic carbocycles. The fourth-order valence-electron chi connectivity index (χ4n) is 2.61. The molecule has 94 valence electrons. The number of anilines is 1. The first-order valence-electron chi connectivity index (χ1n) is 6.37. The number of benzene rings is 1. The summed E-state index contributed by atoms with van der Waals surface area (Å²) >= 11 is 0. The highest BCUT2D eigenvalue weighted by Gasteiger charge is 2.26. The van der Waals surface area contributed by atoms with Crippen LogP contribution in [-0.2, 0) is 0 Å². The van der Waals surface area contributed by atoms with Crippen molar-refractivity contribution >= 4 is 5.69 Å². The summed E-state index contributed by atoms with van der Waals surface area (Å²) in [6.45, 7) is 5.21. The van der Waals surface area contributed by atoms with Crippen LogP contribution in [0.25, 0.3) is 0 Å². The molecule has 1 N–H and O–H groups in total. The van der Waals surface area contributed by atoms with E-state index in [1.807, 2.05) is 13.1 Å². The van der Waals surface area contributed by atoms with Gasteiger partial charge >= 0.3 is 0 Å². The maximum Gasteiger partial charge on any atom is 0.146 e. The first-order valence-corrected chi connectivity index (χ1v) is 6.37. The second kappa shape index (κ2) is 5.05. The van der Waals surface area contributed by atoms with Crippen molar-refractivity contribution in [2.24, 2.45) is 0 Å². The molecular weight excluding hydrogens is 215 g/mol. The zero-order valence-corrected chi connectivity index (χ0v) is 10.8. The summed E-state index contributed by atoms with van der Waals surface area (Å²) in [5.74, 6) is -0.0987. The summed E-state index contributed by atoms with van der Waals surface area (Å²) in [7, 11) is 1.91. The highest BCUT2D eigenvalue weighted by molar-refractivity contribution is 5.57. The molecule has 17 heavy (non-hydrogen) atoms. The third-order valence-corrected chi connectivity index (χ3v) is 3.76. The van der Waals surface area contributed by atoms with Gasteiger partial charge in [0.25, 0.3) is 0 Å². The standard InChI is InChI=1S/C14H21FN2/c1-10-6-5-9-17(10)14-12(11(2)16-3)7-4-8-13(14)15/h4,7-8,10-11,16H,5-6,9H2,1-3H3. The molecule has 3 heteroatoms. The Labute approximate surface area is 103 Å². The fraction of sp³-hybridized carbons (Fsp3) is 0.571. The molecule has 0 spiro atoms. The quantitative estimate of drug-likeness (QED) is 0.867. The second-order valence-corrected chi connectivity index (χ2v) is 4.87. The van der Waals surface area contributed by atoms with Crippen molar-refractivity contribution in [3.05, 3.63) is 29.6 Å². The van der Waals surface area contributed by atoms with Crippen LogP contribution < -0.4 is 10.2 Å². The topological polar surface area (TPSA) is 15.3 Å². The Morgan fingerprint density at radius 3 is 2.82 bits per heavy atom. The monoisotopic (exact) mass is 236 g/mol. The van der Waals surface area contributed by atoms with E-state index < -0.39 is 0 Å². The number of hydrogen-bond donors (Lipinski definition) is 1. The molecule has 1 fully saturated rings. The lowest BCUT2D eigenvalue weighted by atomic mass is 10.0. The summed E-state index contributed by atoms with van der Waals surface area (Å²) in [5.41, 5.74) is 1.85. The van der Waals surface area contributed by atoms with E-state index in [9.17, 15) is 4.39 Å². The normalized spacial score (nSPS) is 21.9. The molecule has 0 saturated carbocycles. The largest absolute Gasteiger partial charge is 0.366 e. The van der Waals surface area contributed by atoms with Crippen molar-refractivity contribution in [2.75, 3.05) is 18.5 Å². The van der Waals surface area contributed by atoms with Gasteiger partial charge in [-0.25, -0.2) is 4.39 Å². The van der Waals surface area contributed by atoms with Crippen LogP contribution in [0.4, 0.5) is 10.1 Å². The lowest BCUT2D eigenvalue weighted by Crippen LogP contribution is -2.29. The van der Waals surface area contributed by atoms with Crippen LogP contribution in [-0.4, -0.2) is 19.6 Å². The predicted octanol–water partition coefficient (Wildman–Crippen LogP) is 3.09. The average Bonchev–Trinajstić information content (AvgIpc) is 2.74. The third kappa shape index (κ3) is 2.29. The smallest absolute Gasteiger partial charge is 0.146 e. The van der Waals surface area contributed by atoms with Gasteiger partial charge in [0.05, 0.1) is 5.69 Å². The Kier molecular flexibility index (Phi) is 3.67. The van der Waals surface area contributed by atoms with Crippen molar-refractivity contribution in [1.29, 1.82) is 0 Å². The van der Waals surface area contributed by atoms with Gasteiger partial charge in [0.15, 0.2) is 0 Å². The summed E-state index contributed by atoms with van der Waals surface area (Å²) in [6, 6.07) is 5.99. The van der Waals surface area contributed by atoms with Gasteiger partial charge in [0.2, 0.25) is 0 Å². The maximum atomic E-state index is 14.1. The second-order valence-electron chi connectivity index (χ2n) is 4.87. The minimum Gasteiger partial charge on any atom is -0.366 e. The number of nitrogens with one attached hydrogen (secondary N) is 1. The lowest BCUT2D eigenvalue weighted by Gasteiger charge is -2.28. The molecule has 1 saturated heterocycles. The Morgan fingerprint density at radius 1 is 1.47 bits per heavy atom. The van der Waals surface area contributed by atoms with E-state index in [1.54, 1.807) is 12.1 Å². The third-order valence-electron chi connectivity index (χ3n) is 3.76. The van der Waals surface area contributed by atoms with Crippen molar-refractivity contribution in [1.82, 2.24) is 5.32 Å². The Balaban J connectivity index is 2.43. The molecule has 2 nitrogen and oxygen atoms in total. The zero-order chi connectivity index (χ0) is 12.4. The molecule has 1 aliphatic heterocycles. The van der Waals surface area contributed by atoms with E-state index in [1.165, 1.54) is 0 Å². The van der Waals surface area contributed by atoms with Gasteiger partial charge < -0.3 is 10.2 Å². The molecule has 1 heterocycles. The highest BCUT2D eigenvalue weighted by Crippen LogP contribution is 2.34. The van der Waals surface area contributed by atoms with Gasteiger partial charge in [-0.15, -0.1) is 0 Å². The van der Waals surface area contributed by atoms with Crippen LogP contribution >= 0.6 is 0 Å². The van der Waals surface area contributed by atoms with Crippen molar-refractivity contribution in [3.63, 3.8) is 0 Å². The van der Waals surface area contributed by atoms with E-state index in [0.29, 0.717) is 6.04 Å². The van der Waals surface area contributed by atoms with Crippen LogP contribution in [0.3, 0.4) is 0 Å². The Hall–Kier alpha value is -1.09. The van der Waals surface area contributed by atoms with E-state index in [0.717, 1.165) is 30.6 Å². The number of hydrogen-bond acceptors (Lipinski definition) is 2. The highest BCUT2D eigenvalue weighted by atomic mass is 19.1. The maximum absolute atomic E-state index is 14.1. The molecule has 0 bridgehead atoms. The molecule has 0 radical (unpaired) electrons. The van der Waals surface area contributed by atoms with E-state index >= 15 is 0 Å². The molecule has 2 unspecified atom stereocenters. The molecule has 1 aromatic rings. The average molecular weight is 236 g/mol. The molecule has 0 amide bonds. The van der Waals surface area contributed by atoms with Crippen LogP contribution in [0.1, 0.15) is 38.3 Å². The lowest BCUT2D eigenvalue weighted by molar-refractivity contribution is 0.593. The minimum atomic E-state index is -0.0987. The molecule has 2 rings (SSSR count). The molecule has 1 aromatic carbocycles. The summed E-state index contributed by atoms with van der Waals surface area (Å²) in [4.78, 5) is 2.21.